The van der Waals surface area contributed by atoms with Crippen molar-refractivity contribution in [2.24, 2.45) is 0 Å². The van der Waals surface area contributed by atoms with Gasteiger partial charge in [-0.25, -0.2) is 0 Å². The average molecular weight is 421 g/mol. The largest absolute Gasteiger partial charge is 0.361 e. The van der Waals surface area contributed by atoms with Crippen LogP contribution in [0, 0.1) is 6.92 Å². The van der Waals surface area contributed by atoms with Gasteiger partial charge in [0.25, 0.3) is 5.91 Å². The Kier molecular flexibility index (Phi) is 6.79. The van der Waals surface area contributed by atoms with E-state index in [0.29, 0.717) is 6.54 Å². The Balaban J connectivity index is 1.22. The number of hydrogen-bond acceptors (Lipinski definition) is 3. The summed E-state index contributed by atoms with van der Waals surface area (Å²) < 4.78 is 5.16. The molecule has 6 heteroatoms. The quantitative estimate of drug-likeness (QED) is 0.530. The number of aromatic nitrogens is 1. The molecule has 2 heterocycles. The van der Waals surface area contributed by atoms with Gasteiger partial charge in [0.1, 0.15) is 44.2 Å². The lowest BCUT2D eigenvalue weighted by Gasteiger charge is -2.29. The number of aryl methyl sites for hydroxylation is 1. The molecule has 0 spiro atoms. The van der Waals surface area contributed by atoms with Gasteiger partial charge in [-0.1, -0.05) is 59.8 Å². The number of benzene rings is 2. The van der Waals surface area contributed by atoms with Gasteiger partial charge in [-0.2, -0.15) is 0 Å². The number of hydrogen-bond donors (Lipinski definition) is 3. The van der Waals surface area contributed by atoms with Crippen molar-refractivity contribution in [3.8, 4) is 11.1 Å². The molecular formula is C25H32N4O2+2. The zero-order valence-electron chi connectivity index (χ0n) is 18.4. The first-order valence-electron chi connectivity index (χ1n) is 11.1. The monoisotopic (exact) mass is 420 g/mol. The molecular weight excluding hydrogens is 388 g/mol. The molecule has 1 saturated heterocycles. The molecule has 0 unspecified atom stereocenters. The average Bonchev–Trinajstić information content (AvgIpc) is 3.20. The molecule has 1 amide bonds. The maximum Gasteiger partial charge on any atom is 0.275 e. The van der Waals surface area contributed by atoms with Crippen LogP contribution in [-0.4, -0.2) is 43.8 Å². The van der Waals surface area contributed by atoms with Gasteiger partial charge >= 0.3 is 0 Å². The van der Waals surface area contributed by atoms with Crippen LogP contribution in [0.1, 0.15) is 30.0 Å². The molecule has 2 aromatic carbocycles. The van der Waals surface area contributed by atoms with E-state index in [1.54, 1.807) is 0 Å². The van der Waals surface area contributed by atoms with Crippen molar-refractivity contribution < 1.29 is 19.1 Å². The van der Waals surface area contributed by atoms with Gasteiger partial charge in [-0.15, -0.1) is 0 Å². The third-order valence-electron chi connectivity index (χ3n) is 6.08. The van der Waals surface area contributed by atoms with Gasteiger partial charge < -0.3 is 19.6 Å². The number of piperazine rings is 1. The smallest absolute Gasteiger partial charge is 0.275 e. The van der Waals surface area contributed by atoms with Crippen molar-refractivity contribution in [3.05, 3.63) is 77.7 Å². The molecule has 1 aliphatic rings. The Morgan fingerprint density at radius 3 is 2.29 bits per heavy atom. The lowest BCUT2D eigenvalue weighted by molar-refractivity contribution is -1.02. The first-order valence-corrected chi connectivity index (χ1v) is 11.1. The second-order valence-corrected chi connectivity index (χ2v) is 8.56. The Bertz CT molecular complexity index is 976. The first kappa shape index (κ1) is 21.3. The molecule has 1 atom stereocenters. The van der Waals surface area contributed by atoms with Crippen molar-refractivity contribution in [1.82, 2.24) is 10.5 Å². The molecule has 6 nitrogen and oxygen atoms in total. The predicted molar refractivity (Wildman–Crippen MR) is 120 cm³/mol. The maximum atomic E-state index is 12.6. The maximum absolute atomic E-state index is 12.6. The number of nitrogens with zero attached hydrogens (tertiary/aromatic N) is 1. The van der Waals surface area contributed by atoms with E-state index in [-0.39, 0.29) is 11.9 Å². The highest BCUT2D eigenvalue weighted by Gasteiger charge is 2.26. The fourth-order valence-electron chi connectivity index (χ4n) is 4.27. The third kappa shape index (κ3) is 5.81. The Morgan fingerprint density at radius 2 is 1.65 bits per heavy atom. The summed E-state index contributed by atoms with van der Waals surface area (Å²) in [6.45, 7) is 9.49. The first-order chi connectivity index (χ1) is 15.1. The summed E-state index contributed by atoms with van der Waals surface area (Å²) >= 11 is 0. The highest BCUT2D eigenvalue weighted by Crippen LogP contribution is 2.21. The van der Waals surface area contributed by atoms with Gasteiger partial charge in [-0.3, -0.25) is 4.79 Å². The van der Waals surface area contributed by atoms with Gasteiger partial charge in [0.2, 0.25) is 0 Å². The van der Waals surface area contributed by atoms with E-state index >= 15 is 0 Å². The van der Waals surface area contributed by atoms with Gasteiger partial charge in [0.15, 0.2) is 6.54 Å². The minimum Gasteiger partial charge on any atom is -0.361 e. The second kappa shape index (κ2) is 9.90. The molecule has 31 heavy (non-hydrogen) atoms. The van der Waals surface area contributed by atoms with Crippen LogP contribution in [0.4, 0.5) is 0 Å². The van der Waals surface area contributed by atoms with Crippen molar-refractivity contribution in [2.75, 3.05) is 32.7 Å². The molecule has 3 aromatic rings. The SMILES string of the molecule is Cc1cc(C[NH+]2CC[NH+](CC(=O)N[C@H](C)c3ccc(-c4ccccc4)cc3)CC2)no1. The summed E-state index contributed by atoms with van der Waals surface area (Å²) in [6, 6.07) is 20.8. The molecule has 1 aliphatic heterocycles. The van der Waals surface area contributed by atoms with Crippen LogP contribution in [0.15, 0.2) is 65.2 Å². The molecule has 0 bridgehead atoms. The predicted octanol–water partition coefficient (Wildman–Crippen LogP) is 0.811. The summed E-state index contributed by atoms with van der Waals surface area (Å²) in [5, 5.41) is 7.26. The number of amides is 1. The van der Waals surface area contributed by atoms with E-state index in [1.165, 1.54) is 20.9 Å². The van der Waals surface area contributed by atoms with Crippen LogP contribution in [0.5, 0.6) is 0 Å². The van der Waals surface area contributed by atoms with Crippen molar-refractivity contribution in [3.63, 3.8) is 0 Å². The standard InChI is InChI=1S/C25H30N4O2/c1-19-16-24(27-31-19)17-28-12-14-29(15-13-28)18-25(30)26-20(2)21-8-10-23(11-9-21)22-6-4-3-5-7-22/h3-11,16,20H,12-15,17-18H2,1-2H3,(H,26,30)/p+2/t20-/m1/s1. The molecule has 0 saturated carbocycles. The zero-order valence-corrected chi connectivity index (χ0v) is 18.4. The fourth-order valence-corrected chi connectivity index (χ4v) is 4.27. The van der Waals surface area contributed by atoms with Crippen LogP contribution in [0.3, 0.4) is 0 Å². The van der Waals surface area contributed by atoms with E-state index in [9.17, 15) is 4.79 Å². The van der Waals surface area contributed by atoms with E-state index < -0.39 is 0 Å². The number of quaternary nitrogens is 2. The van der Waals surface area contributed by atoms with Crippen LogP contribution in [0.25, 0.3) is 11.1 Å². The van der Waals surface area contributed by atoms with Gasteiger partial charge in [-0.05, 0) is 30.5 Å². The normalized spacial score (nSPS) is 19.7. The van der Waals surface area contributed by atoms with Crippen LogP contribution < -0.4 is 15.1 Å². The topological polar surface area (TPSA) is 64.0 Å². The third-order valence-corrected chi connectivity index (χ3v) is 6.08. The van der Waals surface area contributed by atoms with Gasteiger partial charge in [0, 0.05) is 6.07 Å². The summed E-state index contributed by atoms with van der Waals surface area (Å²) in [5.74, 6) is 0.976. The molecule has 0 aliphatic carbocycles. The van der Waals surface area contributed by atoms with Crippen molar-refractivity contribution >= 4 is 5.91 Å². The molecule has 162 valence electrons. The lowest BCUT2D eigenvalue weighted by Crippen LogP contribution is -3.28. The second-order valence-electron chi connectivity index (χ2n) is 8.56. The number of rotatable bonds is 7. The van der Waals surface area contributed by atoms with Crippen LogP contribution in [-0.2, 0) is 11.3 Å². The van der Waals surface area contributed by atoms with Crippen LogP contribution >= 0.6 is 0 Å². The highest BCUT2D eigenvalue weighted by atomic mass is 16.5. The Hall–Kier alpha value is -2.96. The Labute approximate surface area is 183 Å². The van der Waals surface area contributed by atoms with Crippen molar-refractivity contribution in [1.29, 1.82) is 0 Å². The lowest BCUT2D eigenvalue weighted by atomic mass is 10.0. The molecule has 4 rings (SSSR count). The molecule has 0 radical (unpaired) electrons. The highest BCUT2D eigenvalue weighted by molar-refractivity contribution is 5.77. The number of nitrogens with one attached hydrogen (secondary N) is 3. The Morgan fingerprint density at radius 1 is 1.00 bits per heavy atom. The molecule has 1 aromatic heterocycles. The molecule has 1 fully saturated rings. The minimum atomic E-state index is -0.000887. The number of carbonyl (C=O) groups excluding carboxylic acids is 1. The summed E-state index contributed by atoms with van der Waals surface area (Å²) in [4.78, 5) is 15.5. The van der Waals surface area contributed by atoms with E-state index in [0.717, 1.165) is 49.7 Å². The fraction of sp³-hybridized carbons (Fsp3) is 0.360. The zero-order chi connectivity index (χ0) is 21.6. The summed E-state index contributed by atoms with van der Waals surface area (Å²) in [5.41, 5.74) is 4.53. The van der Waals surface area contributed by atoms with Crippen LogP contribution in [0.2, 0.25) is 0 Å². The van der Waals surface area contributed by atoms with Gasteiger partial charge in [0.05, 0.1) is 6.04 Å². The molecule has 3 N–H and O–H groups in total. The summed E-state index contributed by atoms with van der Waals surface area (Å²) in [6.07, 6.45) is 0. The van der Waals surface area contributed by atoms with E-state index in [4.69, 9.17) is 4.52 Å². The van der Waals surface area contributed by atoms with E-state index in [2.05, 4.69) is 46.9 Å². The minimum absolute atomic E-state index is 0.000887. The van der Waals surface area contributed by atoms with E-state index in [1.807, 2.05) is 38.1 Å². The van der Waals surface area contributed by atoms with Crippen molar-refractivity contribution in [2.45, 2.75) is 26.4 Å². The number of carbonyl (C=O) groups is 1. The summed E-state index contributed by atoms with van der Waals surface area (Å²) in [7, 11) is 0.